The highest BCUT2D eigenvalue weighted by Gasteiger charge is 2.47. The molecule has 0 aromatic heterocycles. The number of rotatable bonds is 7. The van der Waals surface area contributed by atoms with E-state index in [2.05, 4.69) is 5.32 Å². The summed E-state index contributed by atoms with van der Waals surface area (Å²) in [5.74, 6) is -0.853. The van der Waals surface area contributed by atoms with Crippen molar-refractivity contribution in [2.24, 2.45) is 0 Å². The molecular weight excluding hydrogens is 508 g/mol. The van der Waals surface area contributed by atoms with Crippen LogP contribution in [-0.2, 0) is 19.8 Å². The van der Waals surface area contributed by atoms with E-state index < -0.39 is 17.7 Å². The molecule has 0 saturated carbocycles. The first kappa shape index (κ1) is 28.4. The molecule has 0 aliphatic carbocycles. The maximum Gasteiger partial charge on any atom is 0.300 e. The van der Waals surface area contributed by atoms with Crippen molar-refractivity contribution in [3.8, 4) is 11.5 Å². The lowest BCUT2D eigenvalue weighted by Crippen LogP contribution is -2.29. The minimum Gasteiger partial charge on any atom is -0.507 e. The van der Waals surface area contributed by atoms with Gasteiger partial charge in [-0.05, 0) is 72.5 Å². The maximum absolute atomic E-state index is 13.6. The summed E-state index contributed by atoms with van der Waals surface area (Å²) >= 11 is 0. The van der Waals surface area contributed by atoms with E-state index in [0.717, 1.165) is 5.56 Å². The Labute approximate surface area is 234 Å². The molecule has 1 saturated heterocycles. The molecule has 1 fully saturated rings. The third-order valence-corrected chi connectivity index (χ3v) is 6.68. The molecule has 40 heavy (non-hydrogen) atoms. The number of ether oxygens (including phenoxy) is 2. The van der Waals surface area contributed by atoms with Crippen LogP contribution in [0.2, 0.25) is 0 Å². The molecule has 0 bridgehead atoms. The molecule has 208 valence electrons. The number of benzene rings is 3. The fraction of sp³-hybridized carbons (Fsp3) is 0.281. The molecule has 2 N–H and O–H groups in total. The second-order valence-electron chi connectivity index (χ2n) is 10.6. The molecule has 1 aliphatic heterocycles. The minimum atomic E-state index is -0.925. The molecule has 3 aromatic rings. The molecule has 4 rings (SSSR count). The molecule has 8 nitrogen and oxygen atoms in total. The van der Waals surface area contributed by atoms with E-state index in [9.17, 15) is 19.5 Å². The summed E-state index contributed by atoms with van der Waals surface area (Å²) in [6.45, 7) is 9.90. The number of carbonyl (C=O) groups excluding carboxylic acids is 3. The number of aliphatic hydroxyl groups excluding tert-OH is 1. The summed E-state index contributed by atoms with van der Waals surface area (Å²) in [7, 11) is 1.53. The van der Waals surface area contributed by atoms with Crippen molar-refractivity contribution in [1.82, 2.24) is 0 Å². The van der Waals surface area contributed by atoms with Crippen molar-refractivity contribution in [3.63, 3.8) is 0 Å². The maximum atomic E-state index is 13.6. The molecule has 2 amide bonds. The minimum absolute atomic E-state index is 0.0341. The van der Waals surface area contributed by atoms with Crippen LogP contribution in [0.25, 0.3) is 5.76 Å². The number of hydrogen-bond acceptors (Lipinski definition) is 6. The second-order valence-corrected chi connectivity index (χ2v) is 10.6. The van der Waals surface area contributed by atoms with Gasteiger partial charge < -0.3 is 19.9 Å². The number of Topliss-reactive ketones (excluding diaryl/α,β-unsaturated/α-hetero) is 1. The van der Waals surface area contributed by atoms with E-state index in [1.165, 1.54) is 18.9 Å². The van der Waals surface area contributed by atoms with Gasteiger partial charge in [-0.1, -0.05) is 32.9 Å². The van der Waals surface area contributed by atoms with Crippen molar-refractivity contribution < 1.29 is 29.0 Å². The highest BCUT2D eigenvalue weighted by atomic mass is 16.5. The Bertz CT molecular complexity index is 1480. The Morgan fingerprint density at radius 2 is 1.73 bits per heavy atom. The number of nitrogens with zero attached hydrogens (tertiary/aromatic N) is 1. The zero-order valence-corrected chi connectivity index (χ0v) is 23.6. The Kier molecular flexibility index (Phi) is 8.00. The van der Waals surface area contributed by atoms with E-state index in [1.807, 2.05) is 27.7 Å². The third kappa shape index (κ3) is 5.57. The van der Waals surface area contributed by atoms with Crippen molar-refractivity contribution in [1.29, 1.82) is 0 Å². The van der Waals surface area contributed by atoms with Gasteiger partial charge in [0.05, 0.1) is 25.3 Å². The number of carbonyl (C=O) groups is 3. The van der Waals surface area contributed by atoms with Gasteiger partial charge >= 0.3 is 0 Å². The first-order valence-electron chi connectivity index (χ1n) is 13.1. The van der Waals surface area contributed by atoms with E-state index in [-0.39, 0.29) is 22.7 Å². The number of nitrogens with one attached hydrogen (secondary N) is 1. The largest absolute Gasteiger partial charge is 0.507 e. The van der Waals surface area contributed by atoms with E-state index in [0.29, 0.717) is 40.6 Å². The summed E-state index contributed by atoms with van der Waals surface area (Å²) in [5.41, 5.74) is 2.50. The second kappa shape index (κ2) is 11.3. The SMILES string of the molecule is CCOc1ccc(/C(O)=C2/C(=O)C(=O)N(c3ccc(NC(C)=O)cc3)C2c2cccc(OC)c2)cc1C(C)(C)C. The molecule has 1 unspecified atom stereocenters. The molecule has 1 atom stereocenters. The van der Waals surface area contributed by atoms with Gasteiger partial charge in [0.15, 0.2) is 0 Å². The first-order valence-corrected chi connectivity index (χ1v) is 13.1. The lowest BCUT2D eigenvalue weighted by molar-refractivity contribution is -0.132. The van der Waals surface area contributed by atoms with Gasteiger partial charge in [-0.2, -0.15) is 0 Å². The zero-order valence-electron chi connectivity index (χ0n) is 23.6. The van der Waals surface area contributed by atoms with Crippen molar-refractivity contribution in [2.75, 3.05) is 23.9 Å². The van der Waals surface area contributed by atoms with Crippen LogP contribution in [0, 0.1) is 0 Å². The van der Waals surface area contributed by atoms with E-state index in [1.54, 1.807) is 66.7 Å². The number of hydrogen-bond donors (Lipinski definition) is 2. The molecular formula is C32H34N2O6. The average Bonchev–Trinajstić information content (AvgIpc) is 3.18. The van der Waals surface area contributed by atoms with Crippen LogP contribution < -0.4 is 19.7 Å². The molecule has 1 heterocycles. The first-order chi connectivity index (χ1) is 19.0. The molecule has 8 heteroatoms. The fourth-order valence-electron chi connectivity index (χ4n) is 4.83. The van der Waals surface area contributed by atoms with Crippen LogP contribution in [0.5, 0.6) is 11.5 Å². The van der Waals surface area contributed by atoms with Crippen LogP contribution in [0.4, 0.5) is 11.4 Å². The quantitative estimate of drug-likeness (QED) is 0.216. The summed E-state index contributed by atoms with van der Waals surface area (Å²) in [5, 5.41) is 14.3. The van der Waals surface area contributed by atoms with Crippen molar-refractivity contribution in [2.45, 2.75) is 46.1 Å². The number of methoxy groups -OCH3 is 1. The van der Waals surface area contributed by atoms with Gasteiger partial charge in [0.1, 0.15) is 17.3 Å². The predicted octanol–water partition coefficient (Wildman–Crippen LogP) is 5.98. The van der Waals surface area contributed by atoms with Gasteiger partial charge in [0, 0.05) is 29.4 Å². The van der Waals surface area contributed by atoms with Gasteiger partial charge in [0.2, 0.25) is 5.91 Å². The standard InChI is InChI=1S/C32H34N2O6/c1-7-40-26-16-11-21(18-25(26)32(3,4)5)29(36)27-28(20-9-8-10-24(17-20)39-6)34(31(38)30(27)37)23-14-12-22(13-15-23)33-19(2)35/h8-18,28,36H,7H2,1-6H3,(H,33,35)/b29-27-. The Morgan fingerprint density at radius 1 is 1.02 bits per heavy atom. The summed E-state index contributed by atoms with van der Waals surface area (Å²) in [4.78, 5) is 39.9. The zero-order chi connectivity index (χ0) is 29.2. The summed E-state index contributed by atoms with van der Waals surface area (Å²) in [6.07, 6.45) is 0. The lowest BCUT2D eigenvalue weighted by Gasteiger charge is -2.26. The topological polar surface area (TPSA) is 105 Å². The smallest absolute Gasteiger partial charge is 0.300 e. The molecule has 3 aromatic carbocycles. The molecule has 1 aliphatic rings. The van der Waals surface area contributed by atoms with E-state index >= 15 is 0 Å². The Hall–Kier alpha value is -4.59. The van der Waals surface area contributed by atoms with Crippen LogP contribution in [-0.4, -0.2) is 36.4 Å². The predicted molar refractivity (Wildman–Crippen MR) is 155 cm³/mol. The summed E-state index contributed by atoms with van der Waals surface area (Å²) < 4.78 is 11.2. The highest BCUT2D eigenvalue weighted by molar-refractivity contribution is 6.51. The molecule has 0 spiro atoms. The number of ketones is 1. The van der Waals surface area contributed by atoms with Crippen LogP contribution in [0.1, 0.15) is 57.4 Å². The third-order valence-electron chi connectivity index (χ3n) is 6.68. The average molecular weight is 543 g/mol. The number of aliphatic hydroxyl groups is 1. The van der Waals surface area contributed by atoms with Gasteiger partial charge in [-0.3, -0.25) is 19.3 Å². The Morgan fingerprint density at radius 3 is 2.33 bits per heavy atom. The number of amides is 2. The Balaban J connectivity index is 1.92. The number of anilines is 2. The van der Waals surface area contributed by atoms with Gasteiger partial charge in [-0.15, -0.1) is 0 Å². The van der Waals surface area contributed by atoms with Gasteiger partial charge in [0.25, 0.3) is 11.7 Å². The van der Waals surface area contributed by atoms with Crippen molar-refractivity contribution >= 4 is 34.7 Å². The van der Waals surface area contributed by atoms with Gasteiger partial charge in [-0.25, -0.2) is 0 Å². The summed E-state index contributed by atoms with van der Waals surface area (Å²) in [6, 6.07) is 18.0. The highest BCUT2D eigenvalue weighted by Crippen LogP contribution is 2.44. The molecule has 0 radical (unpaired) electrons. The monoisotopic (exact) mass is 542 g/mol. The lowest BCUT2D eigenvalue weighted by atomic mass is 9.84. The van der Waals surface area contributed by atoms with Crippen LogP contribution in [0.15, 0.2) is 72.3 Å². The van der Waals surface area contributed by atoms with E-state index in [4.69, 9.17) is 9.47 Å². The van der Waals surface area contributed by atoms with Crippen molar-refractivity contribution in [3.05, 3.63) is 89.0 Å². The van der Waals surface area contributed by atoms with Crippen LogP contribution in [0.3, 0.4) is 0 Å². The fourth-order valence-corrected chi connectivity index (χ4v) is 4.83. The van der Waals surface area contributed by atoms with Crippen LogP contribution >= 0.6 is 0 Å². The normalized spacial score (nSPS) is 16.6.